The van der Waals surface area contributed by atoms with Crippen molar-refractivity contribution in [2.75, 3.05) is 13.2 Å². The Morgan fingerprint density at radius 3 is 2.67 bits per heavy atom. The minimum absolute atomic E-state index is 0. The van der Waals surface area contributed by atoms with E-state index in [2.05, 4.69) is 10.6 Å². The van der Waals surface area contributed by atoms with Crippen molar-refractivity contribution in [2.24, 2.45) is 0 Å². The fourth-order valence-corrected chi connectivity index (χ4v) is 3.05. The Labute approximate surface area is 169 Å². The zero-order chi connectivity index (χ0) is 16.2. The van der Waals surface area contributed by atoms with Crippen LogP contribution < -0.4 is 5.32 Å². The maximum absolute atomic E-state index is 12.0. The Morgan fingerprint density at radius 2 is 2.08 bits per heavy atom. The summed E-state index contributed by atoms with van der Waals surface area (Å²) in [5.41, 5.74) is 1.18. The molecule has 123 valence electrons. The number of hydrogen-bond donors (Lipinski definition) is 1. The van der Waals surface area contributed by atoms with Crippen LogP contribution in [0.4, 0.5) is 4.79 Å². The van der Waals surface area contributed by atoms with Gasteiger partial charge >= 0.3 is 5.97 Å². The van der Waals surface area contributed by atoms with Gasteiger partial charge in [0.15, 0.2) is 0 Å². The minimum atomic E-state index is -0.399. The number of imide groups is 1. The molecule has 2 saturated heterocycles. The van der Waals surface area contributed by atoms with E-state index in [9.17, 15) is 14.4 Å². The van der Waals surface area contributed by atoms with Gasteiger partial charge in [0.05, 0.1) is 17.1 Å². The predicted octanol–water partition coefficient (Wildman–Crippen LogP) is 2.70. The topological polar surface area (TPSA) is 86.6 Å². The Bertz CT molecular complexity index is 669. The van der Waals surface area contributed by atoms with Crippen LogP contribution in [0, 0.1) is 0 Å². The van der Waals surface area contributed by atoms with Gasteiger partial charge in [-0.3, -0.25) is 14.9 Å². The summed E-state index contributed by atoms with van der Waals surface area (Å²) in [6.45, 7) is 1.17. The van der Waals surface area contributed by atoms with Crippen molar-refractivity contribution < 1.29 is 51.8 Å². The molecule has 8 heteroatoms. The van der Waals surface area contributed by atoms with Crippen molar-refractivity contribution in [2.45, 2.75) is 18.9 Å². The summed E-state index contributed by atoms with van der Waals surface area (Å²) in [4.78, 5) is 34.9. The van der Waals surface area contributed by atoms with E-state index in [4.69, 9.17) is 4.74 Å². The third kappa shape index (κ3) is 4.99. The van der Waals surface area contributed by atoms with E-state index >= 15 is 0 Å². The molecule has 2 heterocycles. The molecule has 0 saturated carbocycles. The second-order valence-electron chi connectivity index (χ2n) is 5.27. The number of hydrogen-bond acceptors (Lipinski definition) is 5. The maximum atomic E-state index is 12.0. The molecule has 3 rings (SSSR count). The second kappa shape index (κ2) is 8.90. The molecule has 1 aromatic carbocycles. The number of ether oxygens (including phenoxy) is 1. The molecule has 2 amide bonds. The van der Waals surface area contributed by atoms with Gasteiger partial charge in [-0.1, -0.05) is 25.0 Å². The van der Waals surface area contributed by atoms with Gasteiger partial charge in [0, 0.05) is 32.7 Å². The van der Waals surface area contributed by atoms with E-state index < -0.39 is 5.91 Å². The standard InChI is InChI=1S/C16H15N2O4S.Y/c19-14-13(23-16(21)18-14)8-10-3-5-11(6-4-10)15(20)22-9-12-2-1-7-17-12;/h3-6,8,12H,1-2,7,9H2,(H,18,19,21);/q-1;/b13-8-;/t12-;/m0./s1. The summed E-state index contributed by atoms with van der Waals surface area (Å²) < 4.78 is 5.26. The van der Waals surface area contributed by atoms with Crippen LogP contribution in [0.3, 0.4) is 0 Å². The summed E-state index contributed by atoms with van der Waals surface area (Å²) in [7, 11) is 0. The van der Waals surface area contributed by atoms with Gasteiger partial charge in [0.1, 0.15) is 0 Å². The zero-order valence-corrected chi connectivity index (χ0v) is 16.5. The van der Waals surface area contributed by atoms with Gasteiger partial charge in [-0.15, -0.1) is 12.6 Å². The van der Waals surface area contributed by atoms with Gasteiger partial charge in [-0.2, -0.15) is 0 Å². The van der Waals surface area contributed by atoms with Crippen molar-refractivity contribution in [1.82, 2.24) is 5.32 Å². The summed E-state index contributed by atoms with van der Waals surface area (Å²) in [6.07, 6.45) is 3.63. The van der Waals surface area contributed by atoms with Crippen LogP contribution in [0.25, 0.3) is 11.4 Å². The van der Waals surface area contributed by atoms with Crippen LogP contribution in [0.1, 0.15) is 28.8 Å². The number of carbonyl (C=O) groups is 3. The van der Waals surface area contributed by atoms with E-state index in [-0.39, 0.29) is 50.0 Å². The van der Waals surface area contributed by atoms with E-state index in [1.54, 1.807) is 30.3 Å². The molecule has 0 spiro atoms. The molecular formula is C16H15N2O4SY-. The Kier molecular flexibility index (Phi) is 7.16. The SMILES string of the molecule is O=C1NC(=O)/C(=C/c2ccc(C(=O)OC[C@@H]3CCC[N-]3)cc2)S1.[Y]. The molecular weight excluding hydrogens is 405 g/mol. The monoisotopic (exact) mass is 420 g/mol. The molecule has 2 aliphatic rings. The molecule has 1 N–H and O–H groups in total. The fraction of sp³-hybridized carbons (Fsp3) is 0.312. The minimum Gasteiger partial charge on any atom is -0.657 e. The summed E-state index contributed by atoms with van der Waals surface area (Å²) in [5.74, 6) is -0.779. The van der Waals surface area contributed by atoms with Crippen molar-refractivity contribution in [1.29, 1.82) is 0 Å². The molecule has 2 aliphatic heterocycles. The van der Waals surface area contributed by atoms with Crippen LogP contribution >= 0.6 is 11.8 Å². The predicted molar refractivity (Wildman–Crippen MR) is 87.1 cm³/mol. The fourth-order valence-electron chi connectivity index (χ4n) is 2.37. The van der Waals surface area contributed by atoms with Gasteiger partial charge in [0.2, 0.25) is 0 Å². The smallest absolute Gasteiger partial charge is 0.338 e. The number of esters is 1. The maximum Gasteiger partial charge on any atom is 0.338 e. The Morgan fingerprint density at radius 1 is 1.33 bits per heavy atom. The second-order valence-corrected chi connectivity index (χ2v) is 6.29. The number of amides is 2. The molecule has 1 aromatic rings. The number of carbonyl (C=O) groups excluding carboxylic acids is 3. The van der Waals surface area contributed by atoms with Crippen molar-refractivity contribution in [3.63, 3.8) is 0 Å². The zero-order valence-electron chi connectivity index (χ0n) is 12.9. The first-order valence-corrected chi connectivity index (χ1v) is 8.12. The van der Waals surface area contributed by atoms with Gasteiger partial charge < -0.3 is 10.1 Å². The number of rotatable bonds is 4. The molecule has 0 aliphatic carbocycles. The first kappa shape index (κ1) is 19.3. The normalized spacial score (nSPS) is 21.5. The van der Waals surface area contributed by atoms with E-state index in [0.29, 0.717) is 17.1 Å². The number of nitrogens with zero attached hydrogens (tertiary/aromatic N) is 1. The summed E-state index contributed by atoms with van der Waals surface area (Å²) in [6, 6.07) is 6.82. The molecule has 2 fully saturated rings. The average molecular weight is 420 g/mol. The quantitative estimate of drug-likeness (QED) is 0.598. The molecule has 24 heavy (non-hydrogen) atoms. The van der Waals surface area contributed by atoms with Crippen molar-refractivity contribution >= 4 is 35.0 Å². The van der Waals surface area contributed by atoms with Gasteiger partial charge in [-0.05, 0) is 35.5 Å². The summed E-state index contributed by atoms with van der Waals surface area (Å²) in [5, 5.41) is 6.15. The molecule has 0 unspecified atom stereocenters. The van der Waals surface area contributed by atoms with Crippen LogP contribution in [0.2, 0.25) is 0 Å². The first-order valence-electron chi connectivity index (χ1n) is 7.30. The third-order valence-corrected chi connectivity index (χ3v) is 4.39. The van der Waals surface area contributed by atoms with E-state index in [1.807, 2.05) is 0 Å². The van der Waals surface area contributed by atoms with Gasteiger partial charge in [-0.25, -0.2) is 4.79 Å². The molecule has 6 nitrogen and oxygen atoms in total. The Balaban J connectivity index is 0.00000208. The van der Waals surface area contributed by atoms with Crippen LogP contribution in [0.15, 0.2) is 29.2 Å². The van der Waals surface area contributed by atoms with Crippen LogP contribution in [-0.4, -0.2) is 36.3 Å². The van der Waals surface area contributed by atoms with Crippen molar-refractivity contribution in [3.05, 3.63) is 45.6 Å². The molecule has 1 radical (unpaired) electrons. The largest absolute Gasteiger partial charge is 0.657 e. The third-order valence-electron chi connectivity index (χ3n) is 3.58. The number of thioether (sulfide) groups is 1. The summed E-state index contributed by atoms with van der Waals surface area (Å²) >= 11 is 0.861. The van der Waals surface area contributed by atoms with Crippen LogP contribution in [-0.2, 0) is 42.2 Å². The molecule has 1 atom stereocenters. The molecule has 0 aromatic heterocycles. The average Bonchev–Trinajstić information content (AvgIpc) is 3.16. The van der Waals surface area contributed by atoms with Crippen LogP contribution in [0.5, 0.6) is 0 Å². The van der Waals surface area contributed by atoms with E-state index in [0.717, 1.165) is 36.7 Å². The first-order chi connectivity index (χ1) is 11.1. The van der Waals surface area contributed by atoms with E-state index in [1.165, 1.54) is 0 Å². The Hall–Kier alpha value is -1.02. The van der Waals surface area contributed by atoms with Crippen molar-refractivity contribution in [3.8, 4) is 0 Å². The molecule has 0 bridgehead atoms. The number of nitrogens with one attached hydrogen (secondary N) is 1. The number of benzene rings is 1. The van der Waals surface area contributed by atoms with Gasteiger partial charge in [0.25, 0.3) is 11.1 Å².